The number of halogens is 2. The smallest absolute Gasteiger partial charge is 0.270 e. The maximum Gasteiger partial charge on any atom is 0.270 e. The third kappa shape index (κ3) is 3.07. The van der Waals surface area contributed by atoms with Gasteiger partial charge in [0.25, 0.3) is 11.8 Å². The number of hydrogen-bond acceptors (Lipinski definition) is 4. The van der Waals surface area contributed by atoms with E-state index in [0.717, 1.165) is 21.5 Å². The predicted octanol–water partition coefficient (Wildman–Crippen LogP) is 4.03. The van der Waals surface area contributed by atoms with Gasteiger partial charge in [-0.25, -0.2) is 13.8 Å². The van der Waals surface area contributed by atoms with Crippen LogP contribution in [0.1, 0.15) is 33.9 Å². The molecular weight excluding hydrogens is 370 g/mol. The number of fused-ring (bicyclic) bond motifs is 2. The van der Waals surface area contributed by atoms with Gasteiger partial charge >= 0.3 is 0 Å². The zero-order valence-electron chi connectivity index (χ0n) is 14.5. The Bertz CT molecular complexity index is 987. The quantitative estimate of drug-likeness (QED) is 0.712. The average molecular weight is 388 g/mol. The van der Waals surface area contributed by atoms with Crippen LogP contribution in [0, 0.1) is 0 Å². The Kier molecular flexibility index (Phi) is 3.72. The number of H-pyrrole nitrogens is 1. The first-order chi connectivity index (χ1) is 13.0. The Morgan fingerprint density at radius 3 is 2.93 bits per heavy atom. The number of aromatic amines is 1. The van der Waals surface area contributed by atoms with Gasteiger partial charge in [0.1, 0.15) is 5.69 Å². The van der Waals surface area contributed by atoms with Crippen molar-refractivity contribution in [1.82, 2.24) is 14.9 Å². The summed E-state index contributed by atoms with van der Waals surface area (Å²) in [7, 11) is 0. The monoisotopic (exact) mass is 388 g/mol. The SMILES string of the molecule is O=C(c1cc2ccccc2[nH]1)N1CCc2nc(NC3CC(F)(F)C3)sc2C1. The highest BCUT2D eigenvalue weighted by molar-refractivity contribution is 7.15. The second-order valence-electron chi connectivity index (χ2n) is 7.24. The highest BCUT2D eigenvalue weighted by Crippen LogP contribution is 2.40. The molecule has 1 amide bonds. The van der Waals surface area contributed by atoms with E-state index in [0.29, 0.717) is 30.3 Å². The molecule has 140 valence electrons. The largest absolute Gasteiger partial charge is 0.358 e. The Morgan fingerprint density at radius 1 is 1.33 bits per heavy atom. The standard InChI is InChI=1S/C19H18F2N4OS/c20-19(21)8-12(9-19)22-18-24-14-5-6-25(10-16(14)27-18)17(26)15-7-11-3-1-2-4-13(11)23-15/h1-4,7,12,23H,5-6,8-10H2,(H,22,24). The van der Waals surface area contributed by atoms with Gasteiger partial charge in [-0.1, -0.05) is 29.5 Å². The van der Waals surface area contributed by atoms with Crippen molar-refractivity contribution in [1.29, 1.82) is 0 Å². The fourth-order valence-corrected chi connectivity index (χ4v) is 4.83. The Hall–Kier alpha value is -2.48. The molecule has 27 heavy (non-hydrogen) atoms. The van der Waals surface area contributed by atoms with Gasteiger partial charge in [-0.05, 0) is 12.1 Å². The Labute approximate surface area is 158 Å². The van der Waals surface area contributed by atoms with E-state index in [2.05, 4.69) is 15.3 Å². The van der Waals surface area contributed by atoms with Gasteiger partial charge in [0, 0.05) is 47.6 Å². The van der Waals surface area contributed by atoms with Gasteiger partial charge in [0.2, 0.25) is 0 Å². The predicted molar refractivity (Wildman–Crippen MR) is 100 cm³/mol. The number of carbonyl (C=O) groups is 1. The first kappa shape index (κ1) is 16.7. The van der Waals surface area contributed by atoms with E-state index in [-0.39, 0.29) is 24.8 Å². The number of amides is 1. The third-order valence-electron chi connectivity index (χ3n) is 5.20. The number of carbonyl (C=O) groups excluding carboxylic acids is 1. The number of hydrogen-bond donors (Lipinski definition) is 2. The lowest BCUT2D eigenvalue weighted by Crippen LogP contribution is -2.44. The van der Waals surface area contributed by atoms with Crippen molar-refractivity contribution in [3.05, 3.63) is 46.6 Å². The van der Waals surface area contributed by atoms with Crippen molar-refractivity contribution in [2.24, 2.45) is 0 Å². The summed E-state index contributed by atoms with van der Waals surface area (Å²) in [6.45, 7) is 1.11. The topological polar surface area (TPSA) is 61.0 Å². The molecule has 0 atom stereocenters. The summed E-state index contributed by atoms with van der Waals surface area (Å²) in [4.78, 5) is 23.4. The number of rotatable bonds is 3. The number of benzene rings is 1. The van der Waals surface area contributed by atoms with E-state index < -0.39 is 5.92 Å². The number of anilines is 1. The number of thiazole rings is 1. The number of aromatic nitrogens is 2. The normalized spacial score (nSPS) is 19.0. The zero-order chi connectivity index (χ0) is 18.6. The van der Waals surface area contributed by atoms with Gasteiger partial charge in [-0.2, -0.15) is 0 Å². The average Bonchev–Trinajstić information content (AvgIpc) is 3.22. The molecule has 3 aromatic rings. The summed E-state index contributed by atoms with van der Waals surface area (Å²) in [6, 6.07) is 9.47. The van der Waals surface area contributed by atoms with Crippen molar-refractivity contribution in [3.8, 4) is 0 Å². The summed E-state index contributed by atoms with van der Waals surface area (Å²) in [5.41, 5.74) is 2.49. The number of nitrogens with zero attached hydrogens (tertiary/aromatic N) is 2. The van der Waals surface area contributed by atoms with Crippen LogP contribution in [-0.2, 0) is 13.0 Å². The summed E-state index contributed by atoms with van der Waals surface area (Å²) >= 11 is 1.46. The third-order valence-corrected chi connectivity index (χ3v) is 6.21. The summed E-state index contributed by atoms with van der Waals surface area (Å²) in [6.07, 6.45) is 0.408. The highest BCUT2D eigenvalue weighted by Gasteiger charge is 2.45. The Morgan fingerprint density at radius 2 is 2.15 bits per heavy atom. The molecule has 0 bridgehead atoms. The molecule has 0 unspecified atom stereocenters. The van der Waals surface area contributed by atoms with Crippen molar-refractivity contribution >= 4 is 33.3 Å². The highest BCUT2D eigenvalue weighted by atomic mass is 32.1. The van der Waals surface area contributed by atoms with Crippen LogP contribution in [0.2, 0.25) is 0 Å². The van der Waals surface area contributed by atoms with E-state index in [1.807, 2.05) is 35.2 Å². The second kappa shape index (κ2) is 6.02. The molecule has 1 aromatic carbocycles. The minimum Gasteiger partial charge on any atom is -0.358 e. The van der Waals surface area contributed by atoms with Crippen molar-refractivity contribution in [3.63, 3.8) is 0 Å². The van der Waals surface area contributed by atoms with Crippen molar-refractivity contribution in [2.75, 3.05) is 11.9 Å². The number of para-hydroxylation sites is 1. The van der Waals surface area contributed by atoms with Crippen molar-refractivity contribution in [2.45, 2.75) is 37.8 Å². The van der Waals surface area contributed by atoms with Gasteiger partial charge in [-0.3, -0.25) is 4.79 Å². The zero-order valence-corrected chi connectivity index (χ0v) is 15.3. The first-order valence-corrected chi connectivity index (χ1v) is 9.78. The molecule has 1 saturated carbocycles. The molecule has 0 spiro atoms. The van der Waals surface area contributed by atoms with Crippen LogP contribution in [0.15, 0.2) is 30.3 Å². The molecule has 1 aliphatic carbocycles. The number of nitrogens with one attached hydrogen (secondary N) is 2. The van der Waals surface area contributed by atoms with Crippen LogP contribution in [0.5, 0.6) is 0 Å². The minimum absolute atomic E-state index is 0.0293. The lowest BCUT2D eigenvalue weighted by molar-refractivity contribution is -0.0793. The van der Waals surface area contributed by atoms with E-state index >= 15 is 0 Å². The number of alkyl halides is 2. The molecular formula is C19H18F2N4OS. The first-order valence-electron chi connectivity index (χ1n) is 8.97. The molecule has 1 aliphatic heterocycles. The van der Waals surface area contributed by atoms with Crippen LogP contribution >= 0.6 is 11.3 Å². The van der Waals surface area contributed by atoms with Gasteiger partial charge in [-0.15, -0.1) is 0 Å². The van der Waals surface area contributed by atoms with Crippen LogP contribution in [0.3, 0.4) is 0 Å². The van der Waals surface area contributed by atoms with Crippen LogP contribution in [-0.4, -0.2) is 39.3 Å². The molecule has 5 rings (SSSR count). The van der Waals surface area contributed by atoms with Crippen LogP contribution in [0.4, 0.5) is 13.9 Å². The molecule has 5 nitrogen and oxygen atoms in total. The molecule has 0 radical (unpaired) electrons. The maximum atomic E-state index is 13.0. The molecule has 8 heteroatoms. The van der Waals surface area contributed by atoms with Gasteiger partial charge in [0.15, 0.2) is 5.13 Å². The summed E-state index contributed by atoms with van der Waals surface area (Å²) in [5, 5.41) is 4.80. The lowest BCUT2D eigenvalue weighted by atomic mass is 9.88. The van der Waals surface area contributed by atoms with E-state index in [9.17, 15) is 13.6 Å². The van der Waals surface area contributed by atoms with E-state index in [4.69, 9.17) is 0 Å². The molecule has 2 aromatic heterocycles. The fraction of sp³-hybridized carbons (Fsp3) is 0.368. The van der Waals surface area contributed by atoms with Crippen LogP contribution in [0.25, 0.3) is 10.9 Å². The van der Waals surface area contributed by atoms with Crippen molar-refractivity contribution < 1.29 is 13.6 Å². The van der Waals surface area contributed by atoms with E-state index in [1.165, 1.54) is 11.3 Å². The summed E-state index contributed by atoms with van der Waals surface area (Å²) in [5.74, 6) is -2.57. The second-order valence-corrected chi connectivity index (χ2v) is 8.32. The maximum absolute atomic E-state index is 13.0. The minimum atomic E-state index is -2.54. The summed E-state index contributed by atoms with van der Waals surface area (Å²) < 4.78 is 26.0. The van der Waals surface area contributed by atoms with Gasteiger partial charge in [0.05, 0.1) is 12.2 Å². The lowest BCUT2D eigenvalue weighted by Gasteiger charge is -2.35. The molecule has 1 fully saturated rings. The Balaban J connectivity index is 1.29. The van der Waals surface area contributed by atoms with Crippen LogP contribution < -0.4 is 5.32 Å². The van der Waals surface area contributed by atoms with Gasteiger partial charge < -0.3 is 15.2 Å². The molecule has 3 heterocycles. The van der Waals surface area contributed by atoms with E-state index in [1.54, 1.807) is 0 Å². The fourth-order valence-electron chi connectivity index (χ4n) is 3.73. The molecule has 2 N–H and O–H groups in total. The molecule has 0 saturated heterocycles. The molecule has 2 aliphatic rings.